The number of esters is 1. The molecule has 1 aromatic rings. The molecule has 0 spiro atoms. The van der Waals surface area contributed by atoms with Gasteiger partial charge in [-0.1, -0.05) is 29.8 Å². The molecule has 0 aromatic heterocycles. The van der Waals surface area contributed by atoms with Crippen molar-refractivity contribution < 1.29 is 9.53 Å². The summed E-state index contributed by atoms with van der Waals surface area (Å²) in [5.41, 5.74) is 7.59. The molecule has 0 aliphatic rings. The van der Waals surface area contributed by atoms with E-state index in [0.717, 1.165) is 11.1 Å². The molecule has 3 nitrogen and oxygen atoms in total. The summed E-state index contributed by atoms with van der Waals surface area (Å²) in [6, 6.07) is 7.73. The van der Waals surface area contributed by atoms with Gasteiger partial charge in [0, 0.05) is 6.54 Å². The SMILES string of the molecule is COC(=O)[C@@H](CN)c1ccc(C)cc1. The first-order valence-electron chi connectivity index (χ1n) is 4.53. The number of hydrogen-bond donors (Lipinski definition) is 1. The number of hydrogen-bond acceptors (Lipinski definition) is 3. The number of nitrogens with two attached hydrogens (primary N) is 1. The number of carbonyl (C=O) groups excluding carboxylic acids is 1. The molecule has 76 valence electrons. The van der Waals surface area contributed by atoms with Crippen molar-refractivity contribution in [1.29, 1.82) is 0 Å². The quantitative estimate of drug-likeness (QED) is 0.734. The van der Waals surface area contributed by atoms with Crippen molar-refractivity contribution in [2.24, 2.45) is 5.73 Å². The molecule has 0 bridgehead atoms. The lowest BCUT2D eigenvalue weighted by molar-refractivity contribution is -0.142. The molecule has 0 radical (unpaired) electrons. The van der Waals surface area contributed by atoms with Gasteiger partial charge in [-0.2, -0.15) is 0 Å². The van der Waals surface area contributed by atoms with Gasteiger partial charge >= 0.3 is 5.97 Å². The number of carbonyl (C=O) groups is 1. The lowest BCUT2D eigenvalue weighted by Crippen LogP contribution is -2.22. The Morgan fingerprint density at radius 1 is 1.43 bits per heavy atom. The molecule has 2 N–H and O–H groups in total. The minimum absolute atomic E-state index is 0.274. The zero-order valence-electron chi connectivity index (χ0n) is 8.49. The second kappa shape index (κ2) is 4.77. The maximum absolute atomic E-state index is 11.3. The predicted octanol–water partition coefficient (Wildman–Crippen LogP) is 1.21. The Kier molecular flexibility index (Phi) is 3.65. The maximum atomic E-state index is 11.3. The van der Waals surface area contributed by atoms with Crippen molar-refractivity contribution in [2.75, 3.05) is 13.7 Å². The minimum atomic E-state index is -0.347. The van der Waals surface area contributed by atoms with Crippen LogP contribution in [0, 0.1) is 6.92 Å². The molecule has 0 aliphatic carbocycles. The van der Waals surface area contributed by atoms with Gasteiger partial charge in [-0.25, -0.2) is 0 Å². The van der Waals surface area contributed by atoms with E-state index in [2.05, 4.69) is 4.74 Å². The molecule has 1 atom stereocenters. The van der Waals surface area contributed by atoms with Crippen molar-refractivity contribution in [3.63, 3.8) is 0 Å². The standard InChI is InChI=1S/C11H15NO2/c1-8-3-5-9(6-4-8)10(7-12)11(13)14-2/h3-6,10H,7,12H2,1-2H3/t10-/m0/s1. The Balaban J connectivity index is 2.89. The smallest absolute Gasteiger partial charge is 0.314 e. The number of ether oxygens (including phenoxy) is 1. The van der Waals surface area contributed by atoms with Gasteiger partial charge in [0.2, 0.25) is 0 Å². The van der Waals surface area contributed by atoms with Gasteiger partial charge in [0.1, 0.15) is 0 Å². The number of methoxy groups -OCH3 is 1. The van der Waals surface area contributed by atoms with Gasteiger partial charge in [0.25, 0.3) is 0 Å². The van der Waals surface area contributed by atoms with Crippen LogP contribution in [0.1, 0.15) is 17.0 Å². The lowest BCUT2D eigenvalue weighted by Gasteiger charge is -2.12. The van der Waals surface area contributed by atoms with E-state index in [1.807, 2.05) is 31.2 Å². The number of rotatable bonds is 3. The van der Waals surface area contributed by atoms with Crippen molar-refractivity contribution in [2.45, 2.75) is 12.8 Å². The summed E-state index contributed by atoms with van der Waals surface area (Å²) in [6.45, 7) is 2.27. The largest absolute Gasteiger partial charge is 0.469 e. The molecule has 0 heterocycles. The van der Waals surface area contributed by atoms with Gasteiger partial charge in [0.05, 0.1) is 13.0 Å². The third kappa shape index (κ3) is 2.33. The van der Waals surface area contributed by atoms with Crippen LogP contribution in [-0.2, 0) is 9.53 Å². The fourth-order valence-corrected chi connectivity index (χ4v) is 1.31. The molecule has 0 saturated carbocycles. The summed E-state index contributed by atoms with van der Waals surface area (Å²) in [4.78, 5) is 11.3. The maximum Gasteiger partial charge on any atom is 0.314 e. The van der Waals surface area contributed by atoms with Crippen molar-refractivity contribution >= 4 is 5.97 Å². The highest BCUT2D eigenvalue weighted by molar-refractivity contribution is 5.78. The molecule has 0 aliphatic heterocycles. The Bertz CT molecular complexity index is 306. The van der Waals surface area contributed by atoms with Crippen LogP contribution in [0.3, 0.4) is 0 Å². The molecule has 0 unspecified atom stereocenters. The average molecular weight is 193 g/mol. The molecule has 0 fully saturated rings. The Morgan fingerprint density at radius 2 is 2.00 bits per heavy atom. The first-order valence-corrected chi connectivity index (χ1v) is 4.53. The molecule has 14 heavy (non-hydrogen) atoms. The normalized spacial score (nSPS) is 12.2. The van der Waals surface area contributed by atoms with E-state index in [9.17, 15) is 4.79 Å². The number of benzene rings is 1. The third-order valence-electron chi connectivity index (χ3n) is 2.20. The van der Waals surface area contributed by atoms with Crippen molar-refractivity contribution in [3.05, 3.63) is 35.4 Å². The zero-order valence-corrected chi connectivity index (χ0v) is 8.49. The van der Waals surface area contributed by atoms with Crippen LogP contribution >= 0.6 is 0 Å². The number of aryl methyl sites for hydroxylation is 1. The van der Waals surface area contributed by atoms with Crippen LogP contribution < -0.4 is 5.73 Å². The average Bonchev–Trinajstić information content (AvgIpc) is 2.21. The fraction of sp³-hybridized carbons (Fsp3) is 0.364. The van der Waals surface area contributed by atoms with Crippen molar-refractivity contribution in [3.8, 4) is 0 Å². The van der Waals surface area contributed by atoms with Gasteiger partial charge in [-0.3, -0.25) is 4.79 Å². The van der Waals surface area contributed by atoms with Crippen LogP contribution in [0.15, 0.2) is 24.3 Å². The van der Waals surface area contributed by atoms with Crippen molar-refractivity contribution in [1.82, 2.24) is 0 Å². The summed E-state index contributed by atoms with van der Waals surface area (Å²) in [6.07, 6.45) is 0. The Hall–Kier alpha value is -1.35. The van der Waals surface area contributed by atoms with Gasteiger partial charge in [-0.05, 0) is 12.5 Å². The molecule has 1 rings (SSSR count). The van der Waals surface area contributed by atoms with E-state index in [4.69, 9.17) is 5.73 Å². The van der Waals surface area contributed by atoms with Crippen LogP contribution in [0.2, 0.25) is 0 Å². The van der Waals surface area contributed by atoms with E-state index in [0.29, 0.717) is 0 Å². The van der Waals surface area contributed by atoms with Crippen LogP contribution in [0.5, 0.6) is 0 Å². The second-order valence-corrected chi connectivity index (χ2v) is 3.22. The van der Waals surface area contributed by atoms with Gasteiger partial charge in [0.15, 0.2) is 0 Å². The summed E-state index contributed by atoms with van der Waals surface area (Å²) in [5, 5.41) is 0. The highest BCUT2D eigenvalue weighted by Crippen LogP contribution is 2.16. The lowest BCUT2D eigenvalue weighted by atomic mass is 9.98. The topological polar surface area (TPSA) is 52.3 Å². The highest BCUT2D eigenvalue weighted by Gasteiger charge is 2.18. The molecular weight excluding hydrogens is 178 g/mol. The van der Waals surface area contributed by atoms with E-state index in [-0.39, 0.29) is 18.4 Å². The Labute approximate surface area is 83.9 Å². The van der Waals surface area contributed by atoms with E-state index in [1.54, 1.807) is 0 Å². The van der Waals surface area contributed by atoms with Crippen LogP contribution in [0.4, 0.5) is 0 Å². The van der Waals surface area contributed by atoms with E-state index >= 15 is 0 Å². The fourth-order valence-electron chi connectivity index (χ4n) is 1.31. The first kappa shape index (κ1) is 10.7. The van der Waals surface area contributed by atoms with Crippen LogP contribution in [0.25, 0.3) is 0 Å². The molecule has 1 aromatic carbocycles. The first-order chi connectivity index (χ1) is 6.69. The zero-order chi connectivity index (χ0) is 10.6. The highest BCUT2D eigenvalue weighted by atomic mass is 16.5. The van der Waals surface area contributed by atoms with Gasteiger partial charge in [-0.15, -0.1) is 0 Å². The third-order valence-corrected chi connectivity index (χ3v) is 2.20. The monoisotopic (exact) mass is 193 g/mol. The predicted molar refractivity (Wildman–Crippen MR) is 55.0 cm³/mol. The summed E-state index contributed by atoms with van der Waals surface area (Å²) >= 11 is 0. The summed E-state index contributed by atoms with van der Waals surface area (Å²) < 4.78 is 4.67. The Morgan fingerprint density at radius 3 is 2.43 bits per heavy atom. The molecule has 0 amide bonds. The molecule has 3 heteroatoms. The summed E-state index contributed by atoms with van der Waals surface area (Å²) in [7, 11) is 1.37. The summed E-state index contributed by atoms with van der Waals surface area (Å²) in [5.74, 6) is -0.628. The van der Waals surface area contributed by atoms with Gasteiger partial charge < -0.3 is 10.5 Å². The molecule has 0 saturated heterocycles. The second-order valence-electron chi connectivity index (χ2n) is 3.22. The van der Waals surface area contributed by atoms with E-state index < -0.39 is 0 Å². The minimum Gasteiger partial charge on any atom is -0.469 e. The van der Waals surface area contributed by atoms with Crippen LogP contribution in [-0.4, -0.2) is 19.6 Å². The van der Waals surface area contributed by atoms with E-state index in [1.165, 1.54) is 7.11 Å². The molecular formula is C11H15NO2.